The number of hydrogen-bond donors (Lipinski definition) is 1. The highest BCUT2D eigenvalue weighted by Crippen LogP contribution is 2.10. The van der Waals surface area contributed by atoms with E-state index in [0.717, 1.165) is 19.4 Å². The fourth-order valence-corrected chi connectivity index (χ4v) is 1.36. The first-order valence-corrected chi connectivity index (χ1v) is 5.70. The maximum Gasteiger partial charge on any atom is 0.330 e. The van der Waals surface area contributed by atoms with Gasteiger partial charge in [-0.25, -0.2) is 4.79 Å². The topological polar surface area (TPSA) is 52.3 Å². The van der Waals surface area contributed by atoms with E-state index in [1.807, 2.05) is 0 Å². The lowest BCUT2D eigenvalue weighted by atomic mass is 10.0. The molecule has 0 aliphatic rings. The van der Waals surface area contributed by atoms with E-state index in [1.54, 1.807) is 0 Å². The highest BCUT2D eigenvalue weighted by molar-refractivity contribution is 5.81. The van der Waals surface area contributed by atoms with Gasteiger partial charge in [0.2, 0.25) is 0 Å². The smallest absolute Gasteiger partial charge is 0.330 e. The first kappa shape index (κ1) is 14.2. The molecule has 0 heterocycles. The molecule has 0 saturated carbocycles. The van der Waals surface area contributed by atoms with Crippen LogP contribution in [0.3, 0.4) is 0 Å². The van der Waals surface area contributed by atoms with E-state index >= 15 is 0 Å². The van der Waals surface area contributed by atoms with Crippen LogP contribution in [0.1, 0.15) is 39.0 Å². The molecule has 0 bridgehead atoms. The van der Waals surface area contributed by atoms with Gasteiger partial charge < -0.3 is 10.5 Å². The molecule has 0 aromatic rings. The van der Waals surface area contributed by atoms with Crippen molar-refractivity contribution in [2.75, 3.05) is 13.2 Å². The molecule has 0 aliphatic carbocycles. The molecule has 0 saturated heterocycles. The van der Waals surface area contributed by atoms with Gasteiger partial charge in [-0.15, -0.1) is 0 Å². The van der Waals surface area contributed by atoms with E-state index in [-0.39, 0.29) is 5.97 Å². The van der Waals surface area contributed by atoms with Crippen molar-refractivity contribution >= 4 is 5.97 Å². The third kappa shape index (κ3) is 9.47. The number of esters is 1. The second kappa shape index (κ2) is 9.71. The highest BCUT2D eigenvalue weighted by atomic mass is 16.5. The van der Waals surface area contributed by atoms with Gasteiger partial charge in [-0.3, -0.25) is 0 Å². The van der Waals surface area contributed by atoms with Gasteiger partial charge in [-0.2, -0.15) is 0 Å². The van der Waals surface area contributed by atoms with Gasteiger partial charge >= 0.3 is 5.97 Å². The van der Waals surface area contributed by atoms with Gasteiger partial charge in [0.1, 0.15) is 0 Å². The lowest BCUT2D eigenvalue weighted by molar-refractivity contribution is -0.138. The average molecular weight is 213 g/mol. The zero-order valence-electron chi connectivity index (χ0n) is 9.71. The number of unbranched alkanes of at least 4 members (excludes halogenated alkanes) is 3. The van der Waals surface area contributed by atoms with Crippen LogP contribution in [0.4, 0.5) is 0 Å². The molecule has 0 spiro atoms. The Balaban J connectivity index is 3.29. The fourth-order valence-electron chi connectivity index (χ4n) is 1.36. The summed E-state index contributed by atoms with van der Waals surface area (Å²) < 4.78 is 4.95. The van der Waals surface area contributed by atoms with Gasteiger partial charge in [-0.1, -0.05) is 32.8 Å². The second-order valence-corrected chi connectivity index (χ2v) is 3.93. The van der Waals surface area contributed by atoms with Crippen molar-refractivity contribution in [3.8, 4) is 0 Å². The van der Waals surface area contributed by atoms with Gasteiger partial charge in [0, 0.05) is 6.08 Å². The SMILES string of the molecule is C=CC(=O)OCC(C)CCCCCCN. The standard InChI is InChI=1S/C12H23NO2/c1-3-12(14)15-10-11(2)8-6-4-5-7-9-13/h3,11H,1,4-10,13H2,2H3. The van der Waals surface area contributed by atoms with Crippen LogP contribution in [0.15, 0.2) is 12.7 Å². The Labute approximate surface area is 92.7 Å². The number of carbonyl (C=O) groups is 1. The molecule has 88 valence electrons. The van der Waals surface area contributed by atoms with Crippen molar-refractivity contribution in [2.45, 2.75) is 39.0 Å². The number of hydrogen-bond acceptors (Lipinski definition) is 3. The van der Waals surface area contributed by atoms with Crippen molar-refractivity contribution in [1.29, 1.82) is 0 Å². The van der Waals surface area contributed by atoms with Crippen LogP contribution in [0.5, 0.6) is 0 Å². The molecule has 1 atom stereocenters. The van der Waals surface area contributed by atoms with Gasteiger partial charge in [0.05, 0.1) is 6.61 Å². The summed E-state index contributed by atoms with van der Waals surface area (Å²) >= 11 is 0. The molecule has 15 heavy (non-hydrogen) atoms. The lowest BCUT2D eigenvalue weighted by Crippen LogP contribution is -2.09. The minimum atomic E-state index is -0.329. The summed E-state index contributed by atoms with van der Waals surface area (Å²) in [5.74, 6) is 0.108. The zero-order valence-corrected chi connectivity index (χ0v) is 9.71. The molecular formula is C12H23NO2. The quantitative estimate of drug-likeness (QED) is 0.363. The predicted molar refractivity (Wildman–Crippen MR) is 62.5 cm³/mol. The van der Waals surface area contributed by atoms with Crippen LogP contribution in [0.2, 0.25) is 0 Å². The first-order chi connectivity index (χ1) is 7.20. The van der Waals surface area contributed by atoms with Crippen molar-refractivity contribution in [1.82, 2.24) is 0 Å². The van der Waals surface area contributed by atoms with Gasteiger partial charge in [-0.05, 0) is 25.3 Å². The third-order valence-corrected chi connectivity index (χ3v) is 2.33. The number of nitrogens with two attached hydrogens (primary N) is 1. The second-order valence-electron chi connectivity index (χ2n) is 3.93. The van der Waals surface area contributed by atoms with E-state index < -0.39 is 0 Å². The van der Waals surface area contributed by atoms with E-state index in [0.29, 0.717) is 12.5 Å². The third-order valence-electron chi connectivity index (χ3n) is 2.33. The van der Waals surface area contributed by atoms with Crippen molar-refractivity contribution in [2.24, 2.45) is 11.7 Å². The maximum absolute atomic E-state index is 10.8. The fraction of sp³-hybridized carbons (Fsp3) is 0.750. The lowest BCUT2D eigenvalue weighted by Gasteiger charge is -2.10. The molecule has 0 amide bonds. The van der Waals surface area contributed by atoms with Crippen LogP contribution < -0.4 is 5.73 Å². The summed E-state index contributed by atoms with van der Waals surface area (Å²) in [5, 5.41) is 0. The van der Waals surface area contributed by atoms with Crippen LogP contribution in [0, 0.1) is 5.92 Å². The molecular weight excluding hydrogens is 190 g/mol. The molecule has 0 aromatic heterocycles. The number of carbonyl (C=O) groups excluding carboxylic acids is 1. The number of rotatable bonds is 9. The van der Waals surface area contributed by atoms with Crippen molar-refractivity contribution in [3.63, 3.8) is 0 Å². The van der Waals surface area contributed by atoms with Crippen LogP contribution >= 0.6 is 0 Å². The summed E-state index contributed by atoms with van der Waals surface area (Å²) in [6.45, 7) is 6.73. The molecule has 1 unspecified atom stereocenters. The van der Waals surface area contributed by atoms with E-state index in [1.165, 1.54) is 25.3 Å². The minimum absolute atomic E-state index is 0.329. The average Bonchev–Trinajstić information content (AvgIpc) is 2.25. The summed E-state index contributed by atoms with van der Waals surface area (Å²) in [6, 6.07) is 0. The van der Waals surface area contributed by atoms with E-state index in [2.05, 4.69) is 13.5 Å². The molecule has 0 rings (SSSR count). The molecule has 3 heteroatoms. The Morgan fingerprint density at radius 2 is 2.07 bits per heavy atom. The summed E-state index contributed by atoms with van der Waals surface area (Å²) in [7, 11) is 0. The summed E-state index contributed by atoms with van der Waals surface area (Å²) in [4.78, 5) is 10.8. The normalized spacial score (nSPS) is 12.1. The largest absolute Gasteiger partial charge is 0.462 e. The predicted octanol–water partition coefficient (Wildman–Crippen LogP) is 2.26. The monoisotopic (exact) mass is 213 g/mol. The Morgan fingerprint density at radius 1 is 1.40 bits per heavy atom. The highest BCUT2D eigenvalue weighted by Gasteiger charge is 2.04. The first-order valence-electron chi connectivity index (χ1n) is 5.70. The van der Waals surface area contributed by atoms with Crippen molar-refractivity contribution in [3.05, 3.63) is 12.7 Å². The van der Waals surface area contributed by atoms with Gasteiger partial charge in [0.25, 0.3) is 0 Å². The van der Waals surface area contributed by atoms with Gasteiger partial charge in [0.15, 0.2) is 0 Å². The molecule has 0 radical (unpaired) electrons. The molecule has 0 fully saturated rings. The van der Waals surface area contributed by atoms with Crippen molar-refractivity contribution < 1.29 is 9.53 Å². The van der Waals surface area contributed by atoms with E-state index in [4.69, 9.17) is 10.5 Å². The van der Waals surface area contributed by atoms with Crippen LogP contribution in [-0.4, -0.2) is 19.1 Å². The molecule has 3 nitrogen and oxygen atoms in total. The maximum atomic E-state index is 10.8. The van der Waals surface area contributed by atoms with Crippen LogP contribution in [0.25, 0.3) is 0 Å². The minimum Gasteiger partial charge on any atom is -0.462 e. The van der Waals surface area contributed by atoms with Crippen LogP contribution in [-0.2, 0) is 9.53 Å². The molecule has 0 aliphatic heterocycles. The Morgan fingerprint density at radius 3 is 2.67 bits per heavy atom. The molecule has 2 N–H and O–H groups in total. The summed E-state index contributed by atoms with van der Waals surface area (Å²) in [6.07, 6.45) is 7.03. The Hall–Kier alpha value is -0.830. The van der Waals surface area contributed by atoms with E-state index in [9.17, 15) is 4.79 Å². The summed E-state index contributed by atoms with van der Waals surface area (Å²) in [5.41, 5.74) is 5.40. The zero-order chi connectivity index (χ0) is 11.5. The Kier molecular flexibility index (Phi) is 9.18. The Bertz CT molecular complexity index is 180. The molecule has 0 aromatic carbocycles. The number of ether oxygens (including phenoxy) is 1.